The zero-order chi connectivity index (χ0) is 13.1. The summed E-state index contributed by atoms with van der Waals surface area (Å²) in [5, 5.41) is 0. The van der Waals surface area contributed by atoms with Crippen molar-refractivity contribution in [3.8, 4) is 0 Å². The van der Waals surface area contributed by atoms with E-state index in [1.807, 2.05) is 42.5 Å². The van der Waals surface area contributed by atoms with Gasteiger partial charge < -0.3 is 4.74 Å². The van der Waals surface area contributed by atoms with Crippen LogP contribution < -0.4 is 0 Å². The lowest BCUT2D eigenvalue weighted by molar-refractivity contribution is 0.0239. The molecule has 0 aliphatic carbocycles. The van der Waals surface area contributed by atoms with Crippen LogP contribution in [0.15, 0.2) is 54.6 Å². The predicted octanol–water partition coefficient (Wildman–Crippen LogP) is 3.40. The monoisotopic (exact) mass is 252 g/mol. The topological polar surface area (TPSA) is 26.3 Å². The highest BCUT2D eigenvalue weighted by molar-refractivity contribution is 5.92. The first kappa shape index (κ1) is 12.0. The van der Waals surface area contributed by atoms with Gasteiger partial charge in [-0.1, -0.05) is 48.5 Å². The second-order valence-corrected chi connectivity index (χ2v) is 4.91. The van der Waals surface area contributed by atoms with Crippen LogP contribution in [-0.2, 0) is 17.6 Å². The summed E-state index contributed by atoms with van der Waals surface area (Å²) in [4.78, 5) is 11.9. The number of hydrogen-bond acceptors (Lipinski definition) is 2. The average Bonchev–Trinajstić information content (AvgIpc) is 2.46. The van der Waals surface area contributed by atoms with Gasteiger partial charge in [0.05, 0.1) is 5.56 Å². The van der Waals surface area contributed by atoms with Gasteiger partial charge in [-0.25, -0.2) is 4.79 Å². The van der Waals surface area contributed by atoms with Crippen molar-refractivity contribution in [2.45, 2.75) is 25.4 Å². The van der Waals surface area contributed by atoms with Crippen molar-refractivity contribution in [2.24, 2.45) is 0 Å². The van der Waals surface area contributed by atoms with Gasteiger partial charge in [0.25, 0.3) is 0 Å². The number of hydrogen-bond donors (Lipinski definition) is 0. The Bertz CT molecular complexity index is 575. The molecule has 1 aliphatic rings. The maximum atomic E-state index is 11.9. The summed E-state index contributed by atoms with van der Waals surface area (Å²) in [7, 11) is 0. The number of carbonyl (C=O) groups is 1. The lowest BCUT2D eigenvalue weighted by atomic mass is 9.95. The summed E-state index contributed by atoms with van der Waals surface area (Å²) in [6.07, 6.45) is 2.65. The van der Waals surface area contributed by atoms with Crippen LogP contribution in [0.25, 0.3) is 0 Å². The van der Waals surface area contributed by atoms with Gasteiger partial charge in [0, 0.05) is 6.42 Å². The first-order chi connectivity index (χ1) is 9.33. The molecule has 1 heterocycles. The summed E-state index contributed by atoms with van der Waals surface area (Å²) < 4.78 is 5.50. The van der Waals surface area contributed by atoms with E-state index in [2.05, 4.69) is 12.1 Å². The minimum Gasteiger partial charge on any atom is -0.458 e. The van der Waals surface area contributed by atoms with E-state index >= 15 is 0 Å². The smallest absolute Gasteiger partial charge is 0.338 e. The summed E-state index contributed by atoms with van der Waals surface area (Å²) in [5.74, 6) is -0.181. The molecule has 1 atom stereocenters. The Balaban J connectivity index is 1.67. The van der Waals surface area contributed by atoms with Crippen LogP contribution >= 0.6 is 0 Å². The molecule has 0 amide bonds. The van der Waals surface area contributed by atoms with Crippen LogP contribution in [0.3, 0.4) is 0 Å². The third-order valence-corrected chi connectivity index (χ3v) is 3.56. The first-order valence-corrected chi connectivity index (χ1v) is 6.66. The van der Waals surface area contributed by atoms with Crippen molar-refractivity contribution in [2.75, 3.05) is 0 Å². The molecule has 0 N–H and O–H groups in total. The van der Waals surface area contributed by atoms with Gasteiger partial charge in [0.2, 0.25) is 0 Å². The molecule has 3 rings (SSSR count). The molecule has 96 valence electrons. The standard InChI is InChI=1S/C17H16O2/c18-17-16-9-5-4-8-14(16)12-15(19-17)11-10-13-6-2-1-3-7-13/h1-9,15H,10-12H2/t15-/m0/s1. The van der Waals surface area contributed by atoms with Crippen LogP contribution in [0, 0.1) is 0 Å². The number of cyclic esters (lactones) is 1. The Labute approximate surface area is 113 Å². The van der Waals surface area contributed by atoms with Gasteiger partial charge in [-0.15, -0.1) is 0 Å². The largest absolute Gasteiger partial charge is 0.458 e. The zero-order valence-electron chi connectivity index (χ0n) is 10.7. The molecule has 2 aromatic carbocycles. The van der Waals surface area contributed by atoms with Crippen molar-refractivity contribution < 1.29 is 9.53 Å². The third-order valence-electron chi connectivity index (χ3n) is 3.56. The number of aryl methyl sites for hydroxylation is 1. The Hall–Kier alpha value is -2.09. The van der Waals surface area contributed by atoms with Crippen LogP contribution in [0.1, 0.15) is 27.9 Å². The minimum absolute atomic E-state index is 0.00241. The molecule has 19 heavy (non-hydrogen) atoms. The molecule has 0 unspecified atom stereocenters. The van der Waals surface area contributed by atoms with Crippen molar-refractivity contribution >= 4 is 5.97 Å². The molecule has 0 radical (unpaired) electrons. The fourth-order valence-corrected chi connectivity index (χ4v) is 2.53. The second-order valence-electron chi connectivity index (χ2n) is 4.91. The highest BCUT2D eigenvalue weighted by Crippen LogP contribution is 2.23. The van der Waals surface area contributed by atoms with Crippen LogP contribution in [0.2, 0.25) is 0 Å². The SMILES string of the molecule is O=C1O[C@@H](CCc2ccccc2)Cc2ccccc21. The fourth-order valence-electron chi connectivity index (χ4n) is 2.53. The van der Waals surface area contributed by atoms with E-state index in [-0.39, 0.29) is 12.1 Å². The van der Waals surface area contributed by atoms with Crippen LogP contribution in [0.4, 0.5) is 0 Å². The number of esters is 1. The minimum atomic E-state index is -0.181. The second kappa shape index (κ2) is 5.27. The summed E-state index contributed by atoms with van der Waals surface area (Å²) >= 11 is 0. The lowest BCUT2D eigenvalue weighted by Gasteiger charge is -2.24. The van der Waals surface area contributed by atoms with Gasteiger partial charge >= 0.3 is 5.97 Å². The van der Waals surface area contributed by atoms with E-state index in [0.717, 1.165) is 30.4 Å². The number of carbonyl (C=O) groups excluding carboxylic acids is 1. The fraction of sp³-hybridized carbons (Fsp3) is 0.235. The lowest BCUT2D eigenvalue weighted by Crippen LogP contribution is -2.28. The number of rotatable bonds is 3. The Morgan fingerprint density at radius 1 is 1.00 bits per heavy atom. The molecule has 0 saturated carbocycles. The Morgan fingerprint density at radius 3 is 2.58 bits per heavy atom. The third kappa shape index (κ3) is 2.68. The van der Waals surface area contributed by atoms with Crippen LogP contribution in [-0.4, -0.2) is 12.1 Å². The van der Waals surface area contributed by atoms with Gasteiger partial charge in [-0.05, 0) is 30.0 Å². The van der Waals surface area contributed by atoms with Gasteiger partial charge in [0.1, 0.15) is 6.10 Å². The van der Waals surface area contributed by atoms with Crippen molar-refractivity contribution in [3.63, 3.8) is 0 Å². The highest BCUT2D eigenvalue weighted by Gasteiger charge is 2.25. The van der Waals surface area contributed by atoms with Gasteiger partial charge in [-0.3, -0.25) is 0 Å². The van der Waals surface area contributed by atoms with E-state index in [1.54, 1.807) is 0 Å². The Morgan fingerprint density at radius 2 is 1.74 bits per heavy atom. The van der Waals surface area contributed by atoms with Gasteiger partial charge in [-0.2, -0.15) is 0 Å². The van der Waals surface area contributed by atoms with Crippen LogP contribution in [0.5, 0.6) is 0 Å². The molecule has 2 nitrogen and oxygen atoms in total. The normalized spacial score (nSPS) is 17.7. The number of ether oxygens (including phenoxy) is 1. The van der Waals surface area contributed by atoms with E-state index in [4.69, 9.17) is 4.74 Å². The van der Waals surface area contributed by atoms with Crippen molar-refractivity contribution in [1.29, 1.82) is 0 Å². The molecule has 0 saturated heterocycles. The molecule has 1 aliphatic heterocycles. The quantitative estimate of drug-likeness (QED) is 0.783. The number of benzene rings is 2. The van der Waals surface area contributed by atoms with Gasteiger partial charge in [0.15, 0.2) is 0 Å². The molecule has 2 aromatic rings. The first-order valence-electron chi connectivity index (χ1n) is 6.66. The Kier molecular flexibility index (Phi) is 3.32. The maximum Gasteiger partial charge on any atom is 0.338 e. The summed E-state index contributed by atoms with van der Waals surface area (Å²) in [6, 6.07) is 18.0. The predicted molar refractivity (Wildman–Crippen MR) is 74.1 cm³/mol. The maximum absolute atomic E-state index is 11.9. The van der Waals surface area contributed by atoms with E-state index < -0.39 is 0 Å². The average molecular weight is 252 g/mol. The van der Waals surface area contributed by atoms with E-state index in [0.29, 0.717) is 0 Å². The van der Waals surface area contributed by atoms with Crippen molar-refractivity contribution in [1.82, 2.24) is 0 Å². The van der Waals surface area contributed by atoms with E-state index in [9.17, 15) is 4.79 Å². The molecule has 0 spiro atoms. The molecule has 2 heteroatoms. The molecule has 0 bridgehead atoms. The van der Waals surface area contributed by atoms with E-state index in [1.165, 1.54) is 5.56 Å². The highest BCUT2D eigenvalue weighted by atomic mass is 16.5. The zero-order valence-corrected chi connectivity index (χ0v) is 10.7. The molecule has 0 fully saturated rings. The van der Waals surface area contributed by atoms with Crippen molar-refractivity contribution in [3.05, 3.63) is 71.3 Å². The molecule has 0 aromatic heterocycles. The number of fused-ring (bicyclic) bond motifs is 1. The summed E-state index contributed by atoms with van der Waals surface area (Å²) in [5.41, 5.74) is 3.12. The summed E-state index contributed by atoms with van der Waals surface area (Å²) in [6.45, 7) is 0. The molecular formula is C17H16O2. The molecular weight excluding hydrogens is 236 g/mol.